The van der Waals surface area contributed by atoms with Crippen molar-refractivity contribution in [3.05, 3.63) is 48.6 Å². The van der Waals surface area contributed by atoms with Crippen LogP contribution in [0.5, 0.6) is 0 Å². The van der Waals surface area contributed by atoms with Crippen LogP contribution in [0, 0.1) is 0 Å². The lowest BCUT2D eigenvalue weighted by Gasteiger charge is -2.02. The van der Waals surface area contributed by atoms with Gasteiger partial charge in [-0.1, -0.05) is 36.4 Å². The summed E-state index contributed by atoms with van der Waals surface area (Å²) in [7, 11) is 0. The summed E-state index contributed by atoms with van der Waals surface area (Å²) in [6.07, 6.45) is 1.81. The van der Waals surface area contributed by atoms with E-state index in [2.05, 4.69) is 6.58 Å². The molecular formula is C11H15NO2. The fourth-order valence-electron chi connectivity index (χ4n) is 0.915. The van der Waals surface area contributed by atoms with E-state index < -0.39 is 0 Å². The van der Waals surface area contributed by atoms with E-state index >= 15 is 0 Å². The van der Waals surface area contributed by atoms with E-state index in [1.807, 2.05) is 30.3 Å². The largest absolute Gasteiger partial charge is 0.461 e. The summed E-state index contributed by atoms with van der Waals surface area (Å²) in [6, 6.07) is 9.59. The van der Waals surface area contributed by atoms with Gasteiger partial charge in [-0.15, -0.1) is 6.58 Å². The van der Waals surface area contributed by atoms with Gasteiger partial charge < -0.3 is 10.9 Å². The Kier molecular flexibility index (Phi) is 6.07. The van der Waals surface area contributed by atoms with Gasteiger partial charge >= 0.3 is 5.97 Å². The molecule has 0 saturated carbocycles. The number of ether oxygens (including phenoxy) is 1. The molecule has 0 aliphatic heterocycles. The van der Waals surface area contributed by atoms with Crippen LogP contribution in [0.3, 0.4) is 0 Å². The first-order valence-corrected chi connectivity index (χ1v) is 4.13. The molecule has 0 heterocycles. The lowest BCUT2D eigenvalue weighted by Crippen LogP contribution is -2.02. The van der Waals surface area contributed by atoms with Crippen LogP contribution in [-0.4, -0.2) is 5.97 Å². The van der Waals surface area contributed by atoms with Crippen molar-refractivity contribution >= 4 is 5.97 Å². The Morgan fingerprint density at radius 1 is 1.36 bits per heavy atom. The van der Waals surface area contributed by atoms with Crippen LogP contribution in [0.25, 0.3) is 0 Å². The summed E-state index contributed by atoms with van der Waals surface area (Å²) >= 11 is 0. The zero-order valence-corrected chi connectivity index (χ0v) is 8.11. The van der Waals surface area contributed by atoms with Gasteiger partial charge in [0, 0.05) is 0 Å². The Balaban J connectivity index is 0.00000169. The van der Waals surface area contributed by atoms with Crippen LogP contribution < -0.4 is 6.15 Å². The van der Waals surface area contributed by atoms with Crippen LogP contribution in [0.1, 0.15) is 12.0 Å². The fraction of sp³-hybridized carbons (Fsp3) is 0.182. The quantitative estimate of drug-likeness (QED) is 0.590. The number of esters is 1. The van der Waals surface area contributed by atoms with Gasteiger partial charge in [0.2, 0.25) is 0 Å². The molecule has 3 heteroatoms. The lowest BCUT2D eigenvalue weighted by molar-refractivity contribution is -0.143. The van der Waals surface area contributed by atoms with Crippen molar-refractivity contribution in [3.8, 4) is 0 Å². The molecule has 3 nitrogen and oxygen atoms in total. The third-order valence-electron chi connectivity index (χ3n) is 1.55. The predicted molar refractivity (Wildman–Crippen MR) is 56.1 cm³/mol. The first kappa shape index (κ1) is 12.4. The van der Waals surface area contributed by atoms with Crippen molar-refractivity contribution in [3.63, 3.8) is 0 Å². The molecule has 0 radical (unpaired) electrons. The molecule has 1 aromatic carbocycles. The Labute approximate surface area is 84.0 Å². The fourth-order valence-corrected chi connectivity index (χ4v) is 0.915. The van der Waals surface area contributed by atoms with Crippen LogP contribution in [0.15, 0.2) is 43.0 Å². The average Bonchev–Trinajstić information content (AvgIpc) is 2.17. The van der Waals surface area contributed by atoms with E-state index in [9.17, 15) is 4.79 Å². The smallest absolute Gasteiger partial charge is 0.309 e. The maximum atomic E-state index is 10.9. The minimum atomic E-state index is -0.237. The number of carbonyl (C=O) groups excluding carboxylic acids is 1. The van der Waals surface area contributed by atoms with Gasteiger partial charge in [-0.3, -0.25) is 4.79 Å². The first-order valence-electron chi connectivity index (χ1n) is 4.13. The average molecular weight is 193 g/mol. The minimum absolute atomic E-state index is 0. The van der Waals surface area contributed by atoms with Gasteiger partial charge in [-0.05, 0) is 5.56 Å². The Bertz CT molecular complexity index is 283. The first-order chi connectivity index (χ1) is 6.33. The SMILES string of the molecule is C=CCC(=O)OCc1ccccc1.N. The molecule has 0 aromatic heterocycles. The van der Waals surface area contributed by atoms with Gasteiger partial charge in [0.05, 0.1) is 6.42 Å². The number of hydrogen-bond donors (Lipinski definition) is 1. The minimum Gasteiger partial charge on any atom is -0.461 e. The molecule has 0 fully saturated rings. The molecule has 0 atom stereocenters. The Morgan fingerprint density at radius 2 is 2.00 bits per heavy atom. The third-order valence-corrected chi connectivity index (χ3v) is 1.55. The lowest BCUT2D eigenvalue weighted by atomic mass is 10.2. The zero-order valence-electron chi connectivity index (χ0n) is 8.11. The molecule has 0 bridgehead atoms. The van der Waals surface area contributed by atoms with Crippen LogP contribution in [0.4, 0.5) is 0 Å². The highest BCUT2D eigenvalue weighted by atomic mass is 16.5. The summed E-state index contributed by atoms with van der Waals surface area (Å²) in [5.74, 6) is -0.237. The highest BCUT2D eigenvalue weighted by molar-refractivity contribution is 5.70. The predicted octanol–water partition coefficient (Wildman–Crippen LogP) is 2.47. The van der Waals surface area contributed by atoms with Gasteiger partial charge in [0.25, 0.3) is 0 Å². The molecule has 76 valence electrons. The second kappa shape index (κ2) is 6.86. The summed E-state index contributed by atoms with van der Waals surface area (Å²) in [5, 5.41) is 0. The van der Waals surface area contributed by atoms with Crippen LogP contribution in [0.2, 0.25) is 0 Å². The summed E-state index contributed by atoms with van der Waals surface area (Å²) < 4.78 is 4.96. The van der Waals surface area contributed by atoms with Gasteiger partial charge in [-0.2, -0.15) is 0 Å². The van der Waals surface area contributed by atoms with Crippen molar-refractivity contribution in [2.45, 2.75) is 13.0 Å². The topological polar surface area (TPSA) is 61.3 Å². The molecule has 0 aliphatic carbocycles. The van der Waals surface area contributed by atoms with E-state index in [0.29, 0.717) is 6.61 Å². The summed E-state index contributed by atoms with van der Waals surface area (Å²) in [4.78, 5) is 10.9. The molecule has 0 aliphatic rings. The number of rotatable bonds is 4. The Hall–Kier alpha value is -1.61. The van der Waals surface area contributed by atoms with E-state index in [1.165, 1.54) is 6.08 Å². The van der Waals surface area contributed by atoms with Gasteiger partial charge in [0.1, 0.15) is 6.61 Å². The van der Waals surface area contributed by atoms with Crippen molar-refractivity contribution in [1.29, 1.82) is 0 Å². The molecule has 14 heavy (non-hydrogen) atoms. The molecule has 0 amide bonds. The van der Waals surface area contributed by atoms with E-state index in [1.54, 1.807) is 0 Å². The maximum Gasteiger partial charge on any atom is 0.309 e. The maximum absolute atomic E-state index is 10.9. The van der Waals surface area contributed by atoms with Crippen molar-refractivity contribution in [1.82, 2.24) is 6.15 Å². The number of hydrogen-bond acceptors (Lipinski definition) is 3. The second-order valence-corrected chi connectivity index (χ2v) is 2.64. The molecule has 1 aromatic rings. The standard InChI is InChI=1S/C11H12O2.H3N/c1-2-6-11(12)13-9-10-7-4-3-5-8-10;/h2-5,7-8H,1,6,9H2;1H3. The summed E-state index contributed by atoms with van der Waals surface area (Å²) in [6.45, 7) is 3.80. The molecule has 0 unspecified atom stereocenters. The summed E-state index contributed by atoms with van der Waals surface area (Å²) in [5.41, 5.74) is 1.000. The highest BCUT2D eigenvalue weighted by Gasteiger charge is 1.98. The second-order valence-electron chi connectivity index (χ2n) is 2.64. The van der Waals surface area contributed by atoms with E-state index in [4.69, 9.17) is 4.74 Å². The van der Waals surface area contributed by atoms with Crippen molar-refractivity contribution < 1.29 is 9.53 Å². The van der Waals surface area contributed by atoms with Gasteiger partial charge in [-0.25, -0.2) is 0 Å². The van der Waals surface area contributed by atoms with E-state index in [0.717, 1.165) is 5.56 Å². The van der Waals surface area contributed by atoms with Crippen LogP contribution in [-0.2, 0) is 16.1 Å². The third kappa shape index (κ3) is 4.42. The molecular weight excluding hydrogens is 178 g/mol. The Morgan fingerprint density at radius 3 is 2.57 bits per heavy atom. The number of carbonyl (C=O) groups is 1. The molecule has 0 saturated heterocycles. The highest BCUT2D eigenvalue weighted by Crippen LogP contribution is 2.01. The van der Waals surface area contributed by atoms with Gasteiger partial charge in [0.15, 0.2) is 0 Å². The normalized spacial score (nSPS) is 8.57. The molecule has 3 N–H and O–H groups in total. The zero-order chi connectivity index (χ0) is 9.52. The van der Waals surface area contributed by atoms with Crippen LogP contribution >= 0.6 is 0 Å². The number of benzene rings is 1. The monoisotopic (exact) mass is 193 g/mol. The van der Waals surface area contributed by atoms with Crippen molar-refractivity contribution in [2.75, 3.05) is 0 Å². The molecule has 1 rings (SSSR count). The van der Waals surface area contributed by atoms with Crippen molar-refractivity contribution in [2.24, 2.45) is 0 Å². The van der Waals surface area contributed by atoms with E-state index in [-0.39, 0.29) is 18.5 Å². The molecule has 0 spiro atoms.